The molecule has 0 spiro atoms. The number of benzene rings is 1. The van der Waals surface area contributed by atoms with Crippen LogP contribution in [0, 0.1) is 0 Å². The molecule has 0 unspecified atom stereocenters. The van der Waals surface area contributed by atoms with Gasteiger partial charge in [0.15, 0.2) is 0 Å². The molecule has 4 nitrogen and oxygen atoms in total. The van der Waals surface area contributed by atoms with Crippen LogP contribution in [0.1, 0.15) is 36.5 Å². The van der Waals surface area contributed by atoms with E-state index in [1.807, 2.05) is 30.5 Å². The van der Waals surface area contributed by atoms with Crippen LogP contribution in [0.4, 0.5) is 0 Å². The molecule has 2 aromatic rings. The molecule has 1 aliphatic rings. The number of H-pyrrole nitrogens is 1. The van der Waals surface area contributed by atoms with E-state index < -0.39 is 0 Å². The lowest BCUT2D eigenvalue weighted by atomic mass is 10.0. The predicted octanol–water partition coefficient (Wildman–Crippen LogP) is 2.77. The molecule has 2 N–H and O–H groups in total. The van der Waals surface area contributed by atoms with Gasteiger partial charge < -0.3 is 15.2 Å². The number of aromatic amines is 1. The number of piperidine rings is 1. The van der Waals surface area contributed by atoms with Crippen molar-refractivity contribution in [3.05, 3.63) is 36.0 Å². The first kappa shape index (κ1) is 14.1. The Morgan fingerprint density at radius 3 is 2.81 bits per heavy atom. The number of hydrogen-bond acceptors (Lipinski definition) is 2. The Morgan fingerprint density at radius 2 is 2.05 bits per heavy atom. The van der Waals surface area contributed by atoms with E-state index in [2.05, 4.69) is 22.1 Å². The van der Waals surface area contributed by atoms with Crippen LogP contribution >= 0.6 is 0 Å². The second-order valence-electron chi connectivity index (χ2n) is 5.73. The fraction of sp³-hybridized carbons (Fsp3) is 0.471. The standard InChI is InChI=1S/C17H23N3O/c1-2-11-20(13-7-9-18-10-8-13)17(21)15-12-19-16-6-4-3-5-14(15)16/h3-6,12-13,18-19H,2,7-11H2,1H3. The lowest BCUT2D eigenvalue weighted by molar-refractivity contribution is 0.0645. The van der Waals surface area contributed by atoms with Crippen molar-refractivity contribution in [1.29, 1.82) is 0 Å². The summed E-state index contributed by atoms with van der Waals surface area (Å²) in [5, 5.41) is 4.40. The summed E-state index contributed by atoms with van der Waals surface area (Å²) in [5.74, 6) is 0.168. The highest BCUT2D eigenvalue weighted by Gasteiger charge is 2.26. The molecule has 3 rings (SSSR count). The third kappa shape index (κ3) is 2.81. The van der Waals surface area contributed by atoms with E-state index in [0.29, 0.717) is 6.04 Å². The number of nitrogens with zero attached hydrogens (tertiary/aromatic N) is 1. The first-order valence-corrected chi connectivity index (χ1v) is 7.89. The van der Waals surface area contributed by atoms with Gasteiger partial charge >= 0.3 is 0 Å². The Morgan fingerprint density at radius 1 is 1.29 bits per heavy atom. The number of fused-ring (bicyclic) bond motifs is 1. The van der Waals surface area contributed by atoms with Crippen LogP contribution in [-0.4, -0.2) is 41.5 Å². The van der Waals surface area contributed by atoms with Gasteiger partial charge in [0.05, 0.1) is 5.56 Å². The molecule has 0 bridgehead atoms. The van der Waals surface area contributed by atoms with E-state index >= 15 is 0 Å². The van der Waals surface area contributed by atoms with Crippen LogP contribution in [0.3, 0.4) is 0 Å². The van der Waals surface area contributed by atoms with Crippen molar-refractivity contribution < 1.29 is 4.79 Å². The largest absolute Gasteiger partial charge is 0.360 e. The van der Waals surface area contributed by atoms with Crippen molar-refractivity contribution in [3.63, 3.8) is 0 Å². The van der Waals surface area contributed by atoms with Crippen LogP contribution in [0.5, 0.6) is 0 Å². The average molecular weight is 285 g/mol. The van der Waals surface area contributed by atoms with Crippen LogP contribution in [0.15, 0.2) is 30.5 Å². The number of aromatic nitrogens is 1. The van der Waals surface area contributed by atoms with Crippen molar-refractivity contribution in [2.24, 2.45) is 0 Å². The lowest BCUT2D eigenvalue weighted by Gasteiger charge is -2.34. The number of hydrogen-bond donors (Lipinski definition) is 2. The summed E-state index contributed by atoms with van der Waals surface area (Å²) < 4.78 is 0. The number of carbonyl (C=O) groups is 1. The molecule has 1 aromatic heterocycles. The van der Waals surface area contributed by atoms with Crippen molar-refractivity contribution in [1.82, 2.24) is 15.2 Å². The summed E-state index contributed by atoms with van der Waals surface area (Å²) in [6.45, 7) is 4.98. The fourth-order valence-corrected chi connectivity index (χ4v) is 3.21. The quantitative estimate of drug-likeness (QED) is 0.907. The molecule has 0 saturated carbocycles. The van der Waals surface area contributed by atoms with Gasteiger partial charge in [0.25, 0.3) is 5.91 Å². The molecule has 4 heteroatoms. The summed E-state index contributed by atoms with van der Waals surface area (Å²) in [6, 6.07) is 8.38. The maximum Gasteiger partial charge on any atom is 0.256 e. The average Bonchev–Trinajstić information content (AvgIpc) is 2.97. The van der Waals surface area contributed by atoms with E-state index in [1.54, 1.807) is 0 Å². The number of carbonyl (C=O) groups excluding carboxylic acids is 1. The van der Waals surface area contributed by atoms with Gasteiger partial charge in [0.2, 0.25) is 0 Å². The molecule has 1 aliphatic heterocycles. The van der Waals surface area contributed by atoms with E-state index in [-0.39, 0.29) is 5.91 Å². The first-order chi connectivity index (χ1) is 10.3. The van der Waals surface area contributed by atoms with Crippen molar-refractivity contribution >= 4 is 16.8 Å². The number of para-hydroxylation sites is 1. The van der Waals surface area contributed by atoms with E-state index in [1.165, 1.54) is 0 Å². The highest BCUT2D eigenvalue weighted by atomic mass is 16.2. The summed E-state index contributed by atoms with van der Waals surface area (Å²) in [6.07, 6.45) is 4.96. The van der Waals surface area contributed by atoms with Gasteiger partial charge in [0.1, 0.15) is 0 Å². The van der Waals surface area contributed by atoms with Crippen LogP contribution in [-0.2, 0) is 0 Å². The zero-order valence-corrected chi connectivity index (χ0v) is 12.6. The highest BCUT2D eigenvalue weighted by molar-refractivity contribution is 6.06. The van der Waals surface area contributed by atoms with Crippen LogP contribution in [0.25, 0.3) is 10.9 Å². The number of nitrogens with one attached hydrogen (secondary N) is 2. The Bertz CT molecular complexity index is 613. The summed E-state index contributed by atoms with van der Waals surface area (Å²) in [7, 11) is 0. The summed E-state index contributed by atoms with van der Waals surface area (Å²) in [5.41, 5.74) is 1.83. The second kappa shape index (κ2) is 6.31. The molecular weight excluding hydrogens is 262 g/mol. The molecule has 0 atom stereocenters. The molecule has 1 saturated heterocycles. The van der Waals surface area contributed by atoms with Gasteiger partial charge in [-0.3, -0.25) is 4.79 Å². The summed E-state index contributed by atoms with van der Waals surface area (Å²) in [4.78, 5) is 18.3. The third-order valence-electron chi connectivity index (χ3n) is 4.29. The monoisotopic (exact) mass is 285 g/mol. The third-order valence-corrected chi connectivity index (χ3v) is 4.29. The molecule has 1 fully saturated rings. The summed E-state index contributed by atoms with van der Waals surface area (Å²) >= 11 is 0. The molecule has 2 heterocycles. The Balaban J connectivity index is 1.89. The predicted molar refractivity (Wildman–Crippen MR) is 85.5 cm³/mol. The minimum atomic E-state index is 0.168. The van der Waals surface area contributed by atoms with Gasteiger partial charge in [-0.25, -0.2) is 0 Å². The molecule has 112 valence electrons. The molecule has 21 heavy (non-hydrogen) atoms. The second-order valence-corrected chi connectivity index (χ2v) is 5.73. The Hall–Kier alpha value is -1.81. The lowest BCUT2D eigenvalue weighted by Crippen LogP contribution is -2.46. The molecule has 0 aliphatic carbocycles. The maximum absolute atomic E-state index is 13.0. The van der Waals surface area contributed by atoms with Gasteiger partial charge in [0, 0.05) is 29.7 Å². The van der Waals surface area contributed by atoms with Gasteiger partial charge in [-0.15, -0.1) is 0 Å². The minimum absolute atomic E-state index is 0.168. The zero-order valence-electron chi connectivity index (χ0n) is 12.6. The smallest absolute Gasteiger partial charge is 0.256 e. The van der Waals surface area contributed by atoms with E-state index in [4.69, 9.17) is 0 Å². The molecular formula is C17H23N3O. The van der Waals surface area contributed by atoms with Gasteiger partial charge in [-0.1, -0.05) is 25.1 Å². The Kier molecular flexibility index (Phi) is 4.25. The Labute approximate surface area is 125 Å². The highest BCUT2D eigenvalue weighted by Crippen LogP contribution is 2.22. The molecule has 1 amide bonds. The number of amides is 1. The maximum atomic E-state index is 13.0. The molecule has 0 radical (unpaired) electrons. The van der Waals surface area contributed by atoms with Crippen molar-refractivity contribution in [2.75, 3.05) is 19.6 Å². The van der Waals surface area contributed by atoms with E-state index in [0.717, 1.165) is 55.4 Å². The zero-order chi connectivity index (χ0) is 14.7. The van der Waals surface area contributed by atoms with Gasteiger partial charge in [-0.2, -0.15) is 0 Å². The first-order valence-electron chi connectivity index (χ1n) is 7.89. The normalized spacial score (nSPS) is 16.2. The van der Waals surface area contributed by atoms with Gasteiger partial charge in [-0.05, 0) is 38.4 Å². The van der Waals surface area contributed by atoms with Crippen molar-refractivity contribution in [3.8, 4) is 0 Å². The van der Waals surface area contributed by atoms with E-state index in [9.17, 15) is 4.79 Å². The van der Waals surface area contributed by atoms with Crippen LogP contribution < -0.4 is 5.32 Å². The minimum Gasteiger partial charge on any atom is -0.360 e. The number of rotatable bonds is 4. The SMILES string of the molecule is CCCN(C(=O)c1c[nH]c2ccccc12)C1CCNCC1. The van der Waals surface area contributed by atoms with Crippen LogP contribution in [0.2, 0.25) is 0 Å². The topological polar surface area (TPSA) is 48.1 Å². The van der Waals surface area contributed by atoms with Crippen molar-refractivity contribution in [2.45, 2.75) is 32.2 Å². The fourth-order valence-electron chi connectivity index (χ4n) is 3.21. The molecule has 1 aromatic carbocycles.